The van der Waals surface area contributed by atoms with Crippen LogP contribution < -0.4 is 0 Å². The molecule has 0 N–H and O–H groups in total. The first-order valence-corrected chi connectivity index (χ1v) is 18.9. The van der Waals surface area contributed by atoms with Gasteiger partial charge >= 0.3 is 149 Å². The van der Waals surface area contributed by atoms with Gasteiger partial charge in [0.2, 0.25) is 0 Å². The van der Waals surface area contributed by atoms with Gasteiger partial charge in [0.15, 0.2) is 0 Å². The predicted molar refractivity (Wildman–Crippen MR) is 105 cm³/mol. The second kappa shape index (κ2) is 13.9. The Balaban J connectivity index is 5.32. The van der Waals surface area contributed by atoms with Crippen molar-refractivity contribution < 1.29 is 13.6 Å². The first kappa shape index (κ1) is 23.7. The van der Waals surface area contributed by atoms with Crippen molar-refractivity contribution in [3.63, 3.8) is 0 Å². The van der Waals surface area contributed by atoms with E-state index >= 15 is 0 Å². The van der Waals surface area contributed by atoms with Crippen LogP contribution in [0.5, 0.6) is 0 Å². The van der Waals surface area contributed by atoms with Gasteiger partial charge in [0.25, 0.3) is 0 Å². The maximum atomic E-state index is 12.8. The van der Waals surface area contributed by atoms with Crippen molar-refractivity contribution in [1.29, 1.82) is 0 Å². The summed E-state index contributed by atoms with van der Waals surface area (Å²) in [7, 11) is -3.04. The third kappa shape index (κ3) is 10.3. The molecular formula is C18H39O3PSn. The number of rotatable bonds is 15. The fourth-order valence-corrected chi connectivity index (χ4v) is 21.3. The Labute approximate surface area is 149 Å². The molecule has 0 rings (SSSR count). The Kier molecular flexibility index (Phi) is 14.3. The molecule has 0 spiro atoms. The molecule has 0 amide bonds. The molecule has 138 valence electrons. The van der Waals surface area contributed by atoms with Gasteiger partial charge in [-0.2, -0.15) is 0 Å². The monoisotopic (exact) mass is 454 g/mol. The summed E-state index contributed by atoms with van der Waals surface area (Å²) in [6.45, 7) is 11.4. The van der Waals surface area contributed by atoms with Gasteiger partial charge in [0.05, 0.1) is 0 Å². The average Bonchev–Trinajstić information content (AvgIpc) is 2.54. The van der Waals surface area contributed by atoms with Crippen LogP contribution in [0, 0.1) is 0 Å². The molecule has 23 heavy (non-hydrogen) atoms. The van der Waals surface area contributed by atoms with Crippen LogP contribution in [0.4, 0.5) is 0 Å². The molecule has 0 aliphatic heterocycles. The van der Waals surface area contributed by atoms with Crippen molar-refractivity contribution >= 4 is 26.0 Å². The Hall–Kier alpha value is 0.689. The molecule has 3 nitrogen and oxygen atoms in total. The molecule has 0 fully saturated rings. The normalized spacial score (nSPS) is 13.1. The van der Waals surface area contributed by atoms with Crippen molar-refractivity contribution in [2.75, 3.05) is 13.2 Å². The molecule has 0 unspecified atom stereocenters. The van der Waals surface area contributed by atoms with Crippen LogP contribution in [-0.4, -0.2) is 31.6 Å². The minimum atomic E-state index is -3.04. The van der Waals surface area contributed by atoms with Crippen LogP contribution in [0.25, 0.3) is 0 Å². The molecule has 0 aliphatic carbocycles. The maximum absolute atomic E-state index is 12.8. The molecule has 0 saturated carbocycles. The number of unbranched alkanes of at least 4 members (excludes halogenated alkanes) is 3. The second-order valence-corrected chi connectivity index (χ2v) is 21.3. The van der Waals surface area contributed by atoms with Crippen LogP contribution in [0.15, 0.2) is 9.91 Å². The van der Waals surface area contributed by atoms with Gasteiger partial charge in [-0.25, -0.2) is 0 Å². The van der Waals surface area contributed by atoms with Crippen LogP contribution in [0.1, 0.15) is 73.1 Å². The SMILES string of the molecule is CCC[CH2][Sn](/[CH]=C/P(=O)(OCC)OCC)([CH2]CCC)[CH2]CCC. The zero-order chi connectivity index (χ0) is 17.6. The number of hydrogen-bond donors (Lipinski definition) is 0. The van der Waals surface area contributed by atoms with Crippen LogP contribution in [-0.2, 0) is 13.6 Å². The third-order valence-electron chi connectivity index (χ3n) is 4.31. The molecule has 0 atom stereocenters. The Morgan fingerprint density at radius 1 is 0.783 bits per heavy atom. The molecule has 0 aromatic carbocycles. The quantitative estimate of drug-likeness (QED) is 0.195. The molecule has 0 aromatic rings. The van der Waals surface area contributed by atoms with Crippen LogP contribution in [0.3, 0.4) is 0 Å². The second-order valence-electron chi connectivity index (χ2n) is 6.36. The standard InChI is InChI=1S/C6H12O3P.3C4H9.Sn/c1-4-8-10(7,6-3)9-5-2;3*1-3-4-2;/h3,6H,4-5H2,1-2H3;3*1,3-4H2,2H3;. The van der Waals surface area contributed by atoms with Gasteiger partial charge < -0.3 is 0 Å². The predicted octanol–water partition coefficient (Wildman–Crippen LogP) is 7.15. The van der Waals surface area contributed by atoms with E-state index in [2.05, 4.69) is 24.9 Å². The van der Waals surface area contributed by atoms with Gasteiger partial charge in [-0.05, 0) is 0 Å². The topological polar surface area (TPSA) is 35.5 Å². The van der Waals surface area contributed by atoms with E-state index < -0.39 is 26.0 Å². The van der Waals surface area contributed by atoms with Crippen molar-refractivity contribution in [2.45, 2.75) is 86.5 Å². The van der Waals surface area contributed by atoms with Gasteiger partial charge in [0, 0.05) is 0 Å². The summed E-state index contributed by atoms with van der Waals surface area (Å²) < 4.78 is 30.2. The van der Waals surface area contributed by atoms with E-state index in [1.54, 1.807) is 0 Å². The van der Waals surface area contributed by atoms with E-state index in [0.717, 1.165) is 0 Å². The average molecular weight is 453 g/mol. The van der Waals surface area contributed by atoms with E-state index in [0.29, 0.717) is 13.2 Å². The molecule has 0 bridgehead atoms. The molecule has 0 saturated heterocycles. The zero-order valence-electron chi connectivity index (χ0n) is 16.1. The molecule has 0 aliphatic rings. The van der Waals surface area contributed by atoms with E-state index in [4.69, 9.17) is 9.05 Å². The van der Waals surface area contributed by atoms with Gasteiger partial charge in [0.1, 0.15) is 0 Å². The van der Waals surface area contributed by atoms with Crippen molar-refractivity contribution in [2.24, 2.45) is 0 Å². The van der Waals surface area contributed by atoms with Crippen LogP contribution in [0.2, 0.25) is 13.3 Å². The summed E-state index contributed by atoms with van der Waals surface area (Å²) in [4.78, 5) is 0. The van der Waals surface area contributed by atoms with E-state index in [-0.39, 0.29) is 0 Å². The molecule has 5 heteroatoms. The fourth-order valence-electron chi connectivity index (χ4n) is 2.94. The third-order valence-corrected chi connectivity index (χ3v) is 20.9. The summed E-state index contributed by atoms with van der Waals surface area (Å²) in [6.07, 6.45) is 7.67. The Morgan fingerprint density at radius 2 is 1.17 bits per heavy atom. The Morgan fingerprint density at radius 3 is 1.48 bits per heavy atom. The van der Waals surface area contributed by atoms with Crippen LogP contribution >= 0.6 is 7.60 Å². The van der Waals surface area contributed by atoms with E-state index in [1.807, 2.05) is 19.7 Å². The minimum absolute atomic E-state index is 0.434. The Bertz CT molecular complexity index is 326. The summed E-state index contributed by atoms with van der Waals surface area (Å²) in [5, 5.41) is 0. The first-order chi connectivity index (χ1) is 11.0. The van der Waals surface area contributed by atoms with Gasteiger partial charge in [-0.15, -0.1) is 0 Å². The number of hydrogen-bond acceptors (Lipinski definition) is 3. The molecular weight excluding hydrogens is 414 g/mol. The fraction of sp³-hybridized carbons (Fsp3) is 0.889. The zero-order valence-corrected chi connectivity index (χ0v) is 19.9. The van der Waals surface area contributed by atoms with Crippen molar-refractivity contribution in [1.82, 2.24) is 0 Å². The van der Waals surface area contributed by atoms with Gasteiger partial charge in [-0.3, -0.25) is 0 Å². The van der Waals surface area contributed by atoms with Gasteiger partial charge in [-0.1, -0.05) is 0 Å². The first-order valence-electron chi connectivity index (χ1n) is 9.60. The van der Waals surface area contributed by atoms with E-state index in [9.17, 15) is 4.57 Å². The van der Waals surface area contributed by atoms with Crippen molar-refractivity contribution in [3.05, 3.63) is 9.91 Å². The van der Waals surface area contributed by atoms with E-state index in [1.165, 1.54) is 51.8 Å². The molecule has 0 radical (unpaired) electrons. The molecule has 0 heterocycles. The summed E-state index contributed by atoms with van der Waals surface area (Å²) >= 11 is -2.40. The molecule has 0 aromatic heterocycles. The summed E-state index contributed by atoms with van der Waals surface area (Å²) in [6, 6.07) is 0. The van der Waals surface area contributed by atoms with Crippen molar-refractivity contribution in [3.8, 4) is 0 Å². The summed E-state index contributed by atoms with van der Waals surface area (Å²) in [5.74, 6) is 1.84. The summed E-state index contributed by atoms with van der Waals surface area (Å²) in [5.41, 5.74) is 0.